The molecule has 10 nitrogen and oxygen atoms in total. The average molecular weight is 538 g/mol. The zero-order valence-electron chi connectivity index (χ0n) is 18.4. The van der Waals surface area contributed by atoms with Gasteiger partial charge in [-0.05, 0) is 34.1 Å². The summed E-state index contributed by atoms with van der Waals surface area (Å²) in [6.45, 7) is 0. The summed E-state index contributed by atoms with van der Waals surface area (Å²) in [6.07, 6.45) is 6.21. The predicted octanol–water partition coefficient (Wildman–Crippen LogP) is 5.06. The molecule has 5 rings (SSSR count). The van der Waals surface area contributed by atoms with Crippen LogP contribution in [0.3, 0.4) is 0 Å². The Morgan fingerprint density at radius 3 is 2.54 bits per heavy atom. The molecule has 0 saturated heterocycles. The minimum absolute atomic E-state index is 0.227. The molecule has 0 aliphatic rings. The fraction of sp³-hybridized carbons (Fsp3) is 0.0870. The Kier molecular flexibility index (Phi) is 6.10. The third kappa shape index (κ3) is 4.68. The molecular formula is C23H17BrFN7O3. The highest BCUT2D eigenvalue weighted by molar-refractivity contribution is 9.10. The van der Waals surface area contributed by atoms with Crippen LogP contribution in [-0.4, -0.2) is 43.9 Å². The molecule has 5 aromatic rings. The van der Waals surface area contributed by atoms with Crippen molar-refractivity contribution in [2.24, 2.45) is 0 Å². The Morgan fingerprint density at radius 1 is 0.971 bits per heavy atom. The summed E-state index contributed by atoms with van der Waals surface area (Å²) in [5.41, 5.74) is 1.50. The van der Waals surface area contributed by atoms with Crippen LogP contribution in [0.2, 0.25) is 0 Å². The average Bonchev–Trinajstić information content (AvgIpc) is 3.34. The van der Waals surface area contributed by atoms with E-state index in [1.54, 1.807) is 50.0 Å². The van der Waals surface area contributed by atoms with E-state index in [4.69, 9.17) is 14.2 Å². The van der Waals surface area contributed by atoms with Gasteiger partial charge < -0.3 is 19.5 Å². The first-order valence-corrected chi connectivity index (χ1v) is 11.0. The molecule has 0 amide bonds. The van der Waals surface area contributed by atoms with Crippen LogP contribution < -0.4 is 19.5 Å². The van der Waals surface area contributed by atoms with Gasteiger partial charge in [-0.1, -0.05) is 0 Å². The van der Waals surface area contributed by atoms with E-state index in [-0.39, 0.29) is 23.3 Å². The number of fused-ring (bicyclic) bond motifs is 1. The van der Waals surface area contributed by atoms with E-state index in [1.165, 1.54) is 24.2 Å². The number of hydrogen-bond acceptors (Lipinski definition) is 9. The third-order valence-electron chi connectivity index (χ3n) is 4.95. The highest BCUT2D eigenvalue weighted by atomic mass is 79.9. The molecule has 0 atom stereocenters. The van der Waals surface area contributed by atoms with Gasteiger partial charge in [-0.2, -0.15) is 0 Å². The SMILES string of the molecule is COc1ncc(-n2ccc(Oc3ccc(Nc4ncnc5cc(OC)c(Br)cc45)c(F)c3)n2)cn1. The van der Waals surface area contributed by atoms with Crippen molar-refractivity contribution < 1.29 is 18.6 Å². The van der Waals surface area contributed by atoms with Gasteiger partial charge in [-0.15, -0.1) is 5.10 Å². The number of benzene rings is 2. The molecule has 0 unspecified atom stereocenters. The van der Waals surface area contributed by atoms with Crippen LogP contribution >= 0.6 is 15.9 Å². The van der Waals surface area contributed by atoms with Gasteiger partial charge in [0.15, 0.2) is 0 Å². The predicted molar refractivity (Wildman–Crippen MR) is 129 cm³/mol. The van der Waals surface area contributed by atoms with Gasteiger partial charge in [0, 0.05) is 29.8 Å². The summed E-state index contributed by atoms with van der Waals surface area (Å²) in [5, 5.41) is 8.03. The topological polar surface area (TPSA) is 109 Å². The summed E-state index contributed by atoms with van der Waals surface area (Å²) in [7, 11) is 3.06. The lowest BCUT2D eigenvalue weighted by atomic mass is 10.2. The minimum atomic E-state index is -0.523. The first-order valence-electron chi connectivity index (χ1n) is 10.2. The molecule has 3 aromatic heterocycles. The molecule has 3 heterocycles. The zero-order valence-corrected chi connectivity index (χ0v) is 20.0. The van der Waals surface area contributed by atoms with Crippen molar-refractivity contribution in [2.75, 3.05) is 19.5 Å². The van der Waals surface area contributed by atoms with E-state index < -0.39 is 5.82 Å². The molecule has 0 spiro atoms. The fourth-order valence-corrected chi connectivity index (χ4v) is 3.77. The van der Waals surface area contributed by atoms with Crippen molar-refractivity contribution >= 4 is 38.3 Å². The molecule has 0 aliphatic carbocycles. The minimum Gasteiger partial charge on any atom is -0.495 e. The molecular weight excluding hydrogens is 521 g/mol. The third-order valence-corrected chi connectivity index (χ3v) is 5.57. The quantitative estimate of drug-likeness (QED) is 0.304. The molecule has 1 N–H and O–H groups in total. The van der Waals surface area contributed by atoms with E-state index in [1.807, 2.05) is 6.07 Å². The Bertz CT molecular complexity index is 1510. The number of hydrogen-bond donors (Lipinski definition) is 1. The van der Waals surface area contributed by atoms with Gasteiger partial charge in [0.2, 0.25) is 5.88 Å². The number of rotatable bonds is 7. The van der Waals surface area contributed by atoms with Gasteiger partial charge in [-0.25, -0.2) is 29.0 Å². The number of nitrogens with one attached hydrogen (secondary N) is 1. The van der Waals surface area contributed by atoms with Crippen molar-refractivity contribution in [1.29, 1.82) is 0 Å². The van der Waals surface area contributed by atoms with Gasteiger partial charge >= 0.3 is 6.01 Å². The van der Waals surface area contributed by atoms with Crippen LogP contribution in [0, 0.1) is 5.82 Å². The van der Waals surface area contributed by atoms with Gasteiger partial charge in [-0.3, -0.25) is 0 Å². The molecule has 0 aliphatic heterocycles. The molecule has 0 bridgehead atoms. The summed E-state index contributed by atoms with van der Waals surface area (Å²) >= 11 is 3.46. The standard InChI is InChI=1S/C23H17BrFN7O3/c1-33-20-9-19-15(8-16(20)24)22(29-12-28-19)30-18-4-3-14(7-17(18)25)35-21-5-6-32(31-21)13-10-26-23(34-2)27-11-13/h3-12H,1-2H3,(H,28,29,30). The first-order chi connectivity index (χ1) is 17.0. The lowest BCUT2D eigenvalue weighted by Gasteiger charge is -2.12. The Hall–Kier alpha value is -4.32. The second-order valence-corrected chi connectivity index (χ2v) is 7.98. The highest BCUT2D eigenvalue weighted by Gasteiger charge is 2.12. The lowest BCUT2D eigenvalue weighted by molar-refractivity contribution is 0.379. The van der Waals surface area contributed by atoms with Crippen LogP contribution in [0.25, 0.3) is 16.6 Å². The van der Waals surface area contributed by atoms with E-state index in [0.29, 0.717) is 28.2 Å². The van der Waals surface area contributed by atoms with Crippen molar-refractivity contribution in [3.8, 4) is 29.1 Å². The number of aromatic nitrogens is 6. The molecule has 35 heavy (non-hydrogen) atoms. The maximum atomic E-state index is 14.9. The van der Waals surface area contributed by atoms with Crippen molar-refractivity contribution in [3.05, 3.63) is 71.6 Å². The number of halogens is 2. The second-order valence-electron chi connectivity index (χ2n) is 7.12. The van der Waals surface area contributed by atoms with Gasteiger partial charge in [0.25, 0.3) is 0 Å². The van der Waals surface area contributed by atoms with E-state index in [0.717, 1.165) is 4.47 Å². The monoisotopic (exact) mass is 537 g/mol. The number of methoxy groups -OCH3 is 2. The van der Waals surface area contributed by atoms with Crippen molar-refractivity contribution in [3.63, 3.8) is 0 Å². The number of ether oxygens (including phenoxy) is 3. The summed E-state index contributed by atoms with van der Waals surface area (Å²) in [5.74, 6) is 1.12. The van der Waals surface area contributed by atoms with Crippen LogP contribution in [0.1, 0.15) is 0 Å². The zero-order chi connectivity index (χ0) is 24.4. The molecule has 2 aromatic carbocycles. The second kappa shape index (κ2) is 9.50. The van der Waals surface area contributed by atoms with E-state index >= 15 is 0 Å². The Balaban J connectivity index is 1.34. The highest BCUT2D eigenvalue weighted by Crippen LogP contribution is 2.34. The molecule has 0 radical (unpaired) electrons. The maximum absolute atomic E-state index is 14.9. The summed E-state index contributed by atoms with van der Waals surface area (Å²) < 4.78 is 33.1. The van der Waals surface area contributed by atoms with E-state index in [2.05, 4.69) is 46.3 Å². The van der Waals surface area contributed by atoms with Crippen LogP contribution in [-0.2, 0) is 0 Å². The number of anilines is 2. The normalized spacial score (nSPS) is 10.9. The van der Waals surface area contributed by atoms with Crippen molar-refractivity contribution in [2.45, 2.75) is 0 Å². The van der Waals surface area contributed by atoms with Gasteiger partial charge in [0.05, 0.1) is 42.3 Å². The Labute approximate surface area is 206 Å². The largest absolute Gasteiger partial charge is 0.495 e. The maximum Gasteiger partial charge on any atom is 0.316 e. The van der Waals surface area contributed by atoms with Crippen LogP contribution in [0.4, 0.5) is 15.9 Å². The fourth-order valence-electron chi connectivity index (χ4n) is 3.26. The van der Waals surface area contributed by atoms with Crippen molar-refractivity contribution in [1.82, 2.24) is 29.7 Å². The molecule has 176 valence electrons. The first kappa shape index (κ1) is 22.5. The smallest absolute Gasteiger partial charge is 0.316 e. The summed E-state index contributed by atoms with van der Waals surface area (Å²) in [4.78, 5) is 16.6. The molecule has 12 heteroatoms. The Morgan fingerprint density at radius 2 is 1.80 bits per heavy atom. The van der Waals surface area contributed by atoms with E-state index in [9.17, 15) is 4.39 Å². The van der Waals surface area contributed by atoms with Crippen LogP contribution in [0.5, 0.6) is 23.4 Å². The lowest BCUT2D eigenvalue weighted by Crippen LogP contribution is -2.00. The van der Waals surface area contributed by atoms with Gasteiger partial charge in [0.1, 0.15) is 35.1 Å². The summed E-state index contributed by atoms with van der Waals surface area (Å²) in [6, 6.07) is 9.94. The molecule has 0 fully saturated rings. The van der Waals surface area contributed by atoms with Crippen LogP contribution in [0.15, 0.2) is 65.8 Å². The number of nitrogens with zero attached hydrogens (tertiary/aromatic N) is 6. The molecule has 0 saturated carbocycles.